The molecule has 1 saturated heterocycles. The highest BCUT2D eigenvalue weighted by Crippen LogP contribution is 2.47. The minimum Gasteiger partial charge on any atom is -0.374 e. The summed E-state index contributed by atoms with van der Waals surface area (Å²) in [5.74, 6) is 0.606. The second-order valence-electron chi connectivity index (χ2n) is 6.85. The molecular weight excluding hydrogens is 307 g/mol. The van der Waals surface area contributed by atoms with Gasteiger partial charge in [0.25, 0.3) is 0 Å². The third-order valence-corrected chi connectivity index (χ3v) is 4.95. The smallest absolute Gasteiger partial charge is 0.191 e. The summed E-state index contributed by atoms with van der Waals surface area (Å²) in [7, 11) is 3.88. The molecule has 0 amide bonds. The zero-order valence-electron chi connectivity index (χ0n) is 14.5. The molecule has 0 spiro atoms. The number of morpholine rings is 1. The van der Waals surface area contributed by atoms with Gasteiger partial charge in [0.2, 0.25) is 0 Å². The fourth-order valence-corrected chi connectivity index (χ4v) is 3.21. The molecule has 24 heavy (non-hydrogen) atoms. The van der Waals surface area contributed by atoms with Crippen molar-refractivity contribution < 1.29 is 9.13 Å². The van der Waals surface area contributed by atoms with Gasteiger partial charge < -0.3 is 20.3 Å². The van der Waals surface area contributed by atoms with Crippen LogP contribution in [-0.2, 0) is 10.2 Å². The van der Waals surface area contributed by atoms with Crippen LogP contribution >= 0.6 is 0 Å². The maximum absolute atomic E-state index is 13.5. The number of nitrogens with one attached hydrogen (secondary N) is 2. The second kappa shape index (κ2) is 7.49. The third kappa shape index (κ3) is 4.24. The number of aliphatic imine (C=N–C) groups is 1. The highest BCUT2D eigenvalue weighted by molar-refractivity contribution is 5.79. The number of halogens is 1. The summed E-state index contributed by atoms with van der Waals surface area (Å²) < 4.78 is 19.2. The second-order valence-corrected chi connectivity index (χ2v) is 6.85. The molecule has 1 aliphatic carbocycles. The van der Waals surface area contributed by atoms with Crippen LogP contribution in [-0.4, -0.2) is 63.8 Å². The van der Waals surface area contributed by atoms with E-state index < -0.39 is 0 Å². The number of hydrogen-bond acceptors (Lipinski definition) is 3. The molecule has 1 saturated carbocycles. The molecule has 1 aliphatic heterocycles. The molecule has 1 unspecified atom stereocenters. The molecule has 2 N–H and O–H groups in total. The summed E-state index contributed by atoms with van der Waals surface area (Å²) in [4.78, 5) is 6.56. The summed E-state index contributed by atoms with van der Waals surface area (Å²) in [5.41, 5.74) is 1.11. The number of ether oxygens (including phenoxy) is 1. The van der Waals surface area contributed by atoms with Crippen LogP contribution in [0.1, 0.15) is 18.4 Å². The highest BCUT2D eigenvalue weighted by atomic mass is 19.1. The Labute approximate surface area is 143 Å². The third-order valence-electron chi connectivity index (χ3n) is 4.95. The molecule has 0 aromatic heterocycles. The van der Waals surface area contributed by atoms with Crippen molar-refractivity contribution in [3.8, 4) is 0 Å². The van der Waals surface area contributed by atoms with Gasteiger partial charge >= 0.3 is 0 Å². The van der Waals surface area contributed by atoms with Gasteiger partial charge in [-0.3, -0.25) is 4.99 Å². The SMILES string of the molecule is CN=C(NCC1CN(C)CCO1)NCC1(c2cccc(F)c2)CC1. The zero-order valence-corrected chi connectivity index (χ0v) is 14.5. The van der Waals surface area contributed by atoms with Crippen LogP contribution in [0.25, 0.3) is 0 Å². The van der Waals surface area contributed by atoms with Crippen LogP contribution in [0, 0.1) is 5.82 Å². The molecule has 1 atom stereocenters. The van der Waals surface area contributed by atoms with Crippen LogP contribution in [0.3, 0.4) is 0 Å². The molecular formula is C18H27FN4O. The number of likely N-dealkylation sites (N-methyl/N-ethyl adjacent to an activating group) is 1. The van der Waals surface area contributed by atoms with Gasteiger partial charge in [-0.05, 0) is 37.6 Å². The van der Waals surface area contributed by atoms with Crippen LogP contribution in [0.15, 0.2) is 29.3 Å². The van der Waals surface area contributed by atoms with E-state index >= 15 is 0 Å². The normalized spacial score (nSPS) is 23.8. The molecule has 1 aromatic carbocycles. The Morgan fingerprint density at radius 1 is 1.42 bits per heavy atom. The maximum atomic E-state index is 13.5. The van der Waals surface area contributed by atoms with Crippen LogP contribution < -0.4 is 10.6 Å². The Bertz CT molecular complexity index is 588. The first-order valence-electron chi connectivity index (χ1n) is 8.62. The predicted molar refractivity (Wildman–Crippen MR) is 93.9 cm³/mol. The van der Waals surface area contributed by atoms with Crippen molar-refractivity contribution in [2.45, 2.75) is 24.4 Å². The Kier molecular flexibility index (Phi) is 5.36. The lowest BCUT2D eigenvalue weighted by Crippen LogP contribution is -2.49. The molecule has 1 heterocycles. The van der Waals surface area contributed by atoms with Crippen LogP contribution in [0.5, 0.6) is 0 Å². The van der Waals surface area contributed by atoms with E-state index in [0.717, 1.165) is 57.2 Å². The van der Waals surface area contributed by atoms with Crippen molar-refractivity contribution >= 4 is 5.96 Å². The molecule has 0 radical (unpaired) electrons. The summed E-state index contributed by atoms with van der Waals surface area (Å²) in [5, 5.41) is 6.72. The van der Waals surface area contributed by atoms with E-state index in [4.69, 9.17) is 4.74 Å². The fourth-order valence-electron chi connectivity index (χ4n) is 3.21. The van der Waals surface area contributed by atoms with Gasteiger partial charge in [0, 0.05) is 38.6 Å². The monoisotopic (exact) mass is 334 g/mol. The van der Waals surface area contributed by atoms with E-state index in [-0.39, 0.29) is 17.3 Å². The molecule has 3 rings (SSSR count). The minimum atomic E-state index is -0.167. The van der Waals surface area contributed by atoms with Crippen molar-refractivity contribution in [2.24, 2.45) is 4.99 Å². The average Bonchev–Trinajstić information content (AvgIpc) is 3.36. The summed E-state index contributed by atoms with van der Waals surface area (Å²) >= 11 is 0. The van der Waals surface area contributed by atoms with Gasteiger partial charge in [0.1, 0.15) is 5.82 Å². The van der Waals surface area contributed by atoms with Crippen molar-refractivity contribution in [2.75, 3.05) is 46.9 Å². The van der Waals surface area contributed by atoms with Gasteiger partial charge in [0.15, 0.2) is 5.96 Å². The van der Waals surface area contributed by atoms with Crippen LogP contribution in [0.2, 0.25) is 0 Å². The average molecular weight is 334 g/mol. The van der Waals surface area contributed by atoms with E-state index in [9.17, 15) is 4.39 Å². The quantitative estimate of drug-likeness (QED) is 0.630. The fraction of sp³-hybridized carbons (Fsp3) is 0.611. The van der Waals surface area contributed by atoms with E-state index in [0.29, 0.717) is 0 Å². The van der Waals surface area contributed by atoms with Gasteiger partial charge in [-0.15, -0.1) is 0 Å². The van der Waals surface area contributed by atoms with Gasteiger partial charge in [-0.2, -0.15) is 0 Å². The van der Waals surface area contributed by atoms with Crippen molar-refractivity contribution in [3.63, 3.8) is 0 Å². The van der Waals surface area contributed by atoms with Gasteiger partial charge in [-0.1, -0.05) is 12.1 Å². The number of guanidine groups is 1. The molecule has 2 aliphatic rings. The zero-order chi connectivity index (χ0) is 17.0. The standard InChI is InChI=1S/C18H27FN4O/c1-20-17(21-11-16-12-23(2)8-9-24-16)22-13-18(6-7-18)14-4-3-5-15(19)10-14/h3-5,10,16H,6-9,11-13H2,1-2H3,(H2,20,21,22). The first-order chi connectivity index (χ1) is 11.6. The number of hydrogen-bond donors (Lipinski definition) is 2. The Balaban J connectivity index is 1.49. The minimum absolute atomic E-state index is 0.0429. The van der Waals surface area contributed by atoms with E-state index in [2.05, 4.69) is 27.6 Å². The lowest BCUT2D eigenvalue weighted by atomic mass is 9.96. The van der Waals surface area contributed by atoms with E-state index in [1.807, 2.05) is 6.07 Å². The molecule has 0 bridgehead atoms. The van der Waals surface area contributed by atoms with Crippen molar-refractivity contribution in [1.82, 2.24) is 15.5 Å². The molecule has 1 aromatic rings. The molecule has 5 nitrogen and oxygen atoms in total. The van der Waals surface area contributed by atoms with E-state index in [1.165, 1.54) is 6.07 Å². The van der Waals surface area contributed by atoms with E-state index in [1.54, 1.807) is 19.2 Å². The Hall–Kier alpha value is -1.66. The van der Waals surface area contributed by atoms with Crippen LogP contribution in [0.4, 0.5) is 4.39 Å². The van der Waals surface area contributed by atoms with Gasteiger partial charge in [-0.25, -0.2) is 4.39 Å². The molecule has 6 heteroatoms. The summed E-state index contributed by atoms with van der Waals surface area (Å²) in [6.07, 6.45) is 2.34. The largest absolute Gasteiger partial charge is 0.374 e. The topological polar surface area (TPSA) is 48.9 Å². The first-order valence-corrected chi connectivity index (χ1v) is 8.62. The molecule has 132 valence electrons. The van der Waals surface area contributed by atoms with Gasteiger partial charge in [0.05, 0.1) is 12.7 Å². The maximum Gasteiger partial charge on any atom is 0.191 e. The van der Waals surface area contributed by atoms with Crippen molar-refractivity contribution in [1.29, 1.82) is 0 Å². The lowest BCUT2D eigenvalue weighted by molar-refractivity contribution is -0.0161. The Morgan fingerprint density at radius 2 is 2.25 bits per heavy atom. The molecule has 2 fully saturated rings. The highest BCUT2D eigenvalue weighted by Gasteiger charge is 2.44. The predicted octanol–water partition coefficient (Wildman–Crippen LogP) is 1.35. The summed E-state index contributed by atoms with van der Waals surface area (Å²) in [6, 6.07) is 6.94. The number of rotatable bonds is 5. The van der Waals surface area contributed by atoms with Crippen molar-refractivity contribution in [3.05, 3.63) is 35.6 Å². The lowest BCUT2D eigenvalue weighted by Gasteiger charge is -2.30. The summed E-state index contributed by atoms with van der Waals surface area (Å²) in [6.45, 7) is 4.19. The number of benzene rings is 1. The Morgan fingerprint density at radius 3 is 2.92 bits per heavy atom. The first kappa shape index (κ1) is 17.2. The number of nitrogens with zero attached hydrogens (tertiary/aromatic N) is 2.